The Balaban J connectivity index is 0.980. The van der Waals surface area contributed by atoms with Crippen LogP contribution >= 0.6 is 0 Å². The molecule has 272 valence electrons. The first-order valence-corrected chi connectivity index (χ1v) is 19.9. The average molecular weight is 742 g/mol. The monoisotopic (exact) mass is 741 g/mol. The zero-order valence-corrected chi connectivity index (χ0v) is 31.5. The Kier molecular flexibility index (Phi) is 7.24. The largest absolute Gasteiger partial charge is 0.456 e. The number of rotatable bonds is 4. The van der Waals surface area contributed by atoms with Crippen LogP contribution in [0.5, 0.6) is 11.5 Å². The maximum absolute atomic E-state index is 6.97. The van der Waals surface area contributed by atoms with Gasteiger partial charge in [0.1, 0.15) is 11.5 Å². The van der Waals surface area contributed by atoms with Gasteiger partial charge in [-0.15, -0.1) is 0 Å². The highest BCUT2D eigenvalue weighted by atomic mass is 16.5. The van der Waals surface area contributed by atoms with Gasteiger partial charge in [-0.2, -0.15) is 0 Å². The molecule has 0 amide bonds. The Morgan fingerprint density at radius 1 is 0.431 bits per heavy atom. The van der Waals surface area contributed by atoms with Gasteiger partial charge in [0.05, 0.1) is 5.41 Å². The molecule has 0 bridgehead atoms. The first kappa shape index (κ1) is 32.8. The van der Waals surface area contributed by atoms with Crippen LogP contribution in [0.4, 0.5) is 0 Å². The molecule has 58 heavy (non-hydrogen) atoms. The summed E-state index contributed by atoms with van der Waals surface area (Å²) < 4.78 is 6.97. The molecule has 12 rings (SSSR count). The van der Waals surface area contributed by atoms with Crippen molar-refractivity contribution in [3.63, 3.8) is 0 Å². The predicted molar refractivity (Wildman–Crippen MR) is 234 cm³/mol. The molecule has 0 radical (unpaired) electrons. The quantitative estimate of drug-likeness (QED) is 0.169. The van der Waals surface area contributed by atoms with E-state index >= 15 is 0 Å². The Labute approximate surface area is 336 Å². The first-order valence-electron chi connectivity index (χ1n) is 19.9. The first-order chi connectivity index (χ1) is 28.7. The van der Waals surface area contributed by atoms with Gasteiger partial charge >= 0.3 is 0 Å². The van der Waals surface area contributed by atoms with E-state index in [1.54, 1.807) is 0 Å². The molecule has 2 aliphatic carbocycles. The fraction of sp³-hybridized carbons (Fsp3) is 0.0556. The third-order valence-corrected chi connectivity index (χ3v) is 12.5. The molecule has 0 saturated carbocycles. The molecule has 4 heteroatoms. The summed E-state index contributed by atoms with van der Waals surface area (Å²) in [6.07, 6.45) is 9.19. The summed E-state index contributed by atoms with van der Waals surface area (Å²) in [5.74, 6) is 4.22. The summed E-state index contributed by atoms with van der Waals surface area (Å²) >= 11 is 0. The second-order valence-electron chi connectivity index (χ2n) is 15.5. The van der Waals surface area contributed by atoms with Gasteiger partial charge in [0.2, 0.25) is 0 Å². The van der Waals surface area contributed by atoms with E-state index in [0.29, 0.717) is 17.5 Å². The van der Waals surface area contributed by atoms with Crippen molar-refractivity contribution >= 4 is 21.5 Å². The van der Waals surface area contributed by atoms with Crippen LogP contribution in [0.1, 0.15) is 28.2 Å². The van der Waals surface area contributed by atoms with Crippen LogP contribution < -0.4 is 4.74 Å². The lowest BCUT2D eigenvalue weighted by Crippen LogP contribution is -2.37. The van der Waals surface area contributed by atoms with Gasteiger partial charge in [0.15, 0.2) is 17.5 Å². The Hall–Kier alpha value is -7.43. The molecule has 1 aromatic heterocycles. The minimum atomic E-state index is -0.395. The predicted octanol–water partition coefficient (Wildman–Crippen LogP) is 13.1. The summed E-state index contributed by atoms with van der Waals surface area (Å²) in [6, 6.07) is 62.4. The van der Waals surface area contributed by atoms with Crippen LogP contribution in [0.25, 0.3) is 66.8 Å². The van der Waals surface area contributed by atoms with E-state index in [2.05, 4.69) is 170 Å². The van der Waals surface area contributed by atoms with E-state index in [1.165, 1.54) is 38.4 Å². The molecule has 1 spiro atoms. The Bertz CT molecular complexity index is 3170. The van der Waals surface area contributed by atoms with Crippen LogP contribution in [0.15, 0.2) is 200 Å². The number of hydrogen-bond donors (Lipinski definition) is 0. The van der Waals surface area contributed by atoms with E-state index in [4.69, 9.17) is 19.7 Å². The molecule has 0 fully saturated rings. The summed E-state index contributed by atoms with van der Waals surface area (Å²) in [4.78, 5) is 15.2. The maximum atomic E-state index is 6.97. The van der Waals surface area contributed by atoms with Crippen molar-refractivity contribution in [2.75, 3.05) is 0 Å². The van der Waals surface area contributed by atoms with Crippen molar-refractivity contribution in [2.45, 2.75) is 11.3 Å². The summed E-state index contributed by atoms with van der Waals surface area (Å²) in [5, 5.41) is 4.82. The van der Waals surface area contributed by atoms with Crippen LogP contribution in [0.3, 0.4) is 0 Å². The molecule has 0 saturated heterocycles. The summed E-state index contributed by atoms with van der Waals surface area (Å²) in [7, 11) is 0. The van der Waals surface area contributed by atoms with Crippen molar-refractivity contribution in [3.8, 4) is 56.8 Å². The minimum Gasteiger partial charge on any atom is -0.456 e. The Morgan fingerprint density at radius 2 is 1.05 bits per heavy atom. The van der Waals surface area contributed by atoms with Crippen molar-refractivity contribution in [1.29, 1.82) is 0 Å². The lowest BCUT2D eigenvalue weighted by Gasteiger charge is -2.43. The number of ether oxygens (including phenoxy) is 1. The normalized spacial score (nSPS) is 18.4. The van der Waals surface area contributed by atoms with Crippen LogP contribution in [0.2, 0.25) is 0 Å². The van der Waals surface area contributed by atoms with E-state index in [0.717, 1.165) is 44.7 Å². The molecular formula is C54H35N3O. The van der Waals surface area contributed by atoms with Crippen LogP contribution in [-0.2, 0) is 5.41 Å². The van der Waals surface area contributed by atoms with Crippen LogP contribution in [-0.4, -0.2) is 15.0 Å². The van der Waals surface area contributed by atoms with Crippen molar-refractivity contribution < 1.29 is 4.74 Å². The molecule has 1 aliphatic heterocycles. The second-order valence-corrected chi connectivity index (χ2v) is 15.5. The van der Waals surface area contributed by atoms with E-state index in [1.807, 2.05) is 30.3 Å². The van der Waals surface area contributed by atoms with Crippen molar-refractivity contribution in [2.24, 2.45) is 5.92 Å². The summed E-state index contributed by atoms with van der Waals surface area (Å²) in [5.41, 5.74) is 9.68. The fourth-order valence-electron chi connectivity index (χ4n) is 9.92. The van der Waals surface area contributed by atoms with Gasteiger partial charge in [-0.25, -0.2) is 15.0 Å². The van der Waals surface area contributed by atoms with E-state index in [-0.39, 0.29) is 11.8 Å². The molecule has 3 atom stereocenters. The number of aromatic nitrogens is 3. The van der Waals surface area contributed by atoms with Gasteiger partial charge in [0, 0.05) is 45.2 Å². The number of hydrogen-bond acceptors (Lipinski definition) is 4. The van der Waals surface area contributed by atoms with Gasteiger partial charge in [-0.05, 0) is 50.4 Å². The number of benzene rings is 8. The SMILES string of the molecule is C1=CC2c3ccccc3C3(c4ccccc4Oc4c(-c5ccc(-c6nc(-c7ccccc7)nc(-c7ccc8c(ccc9ccccc98)c7)n6)cc5)cccc43)C2C=C1. The number of fused-ring (bicyclic) bond motifs is 12. The van der Waals surface area contributed by atoms with Gasteiger partial charge in [-0.3, -0.25) is 0 Å². The molecule has 8 aromatic carbocycles. The van der Waals surface area contributed by atoms with Gasteiger partial charge < -0.3 is 4.74 Å². The highest BCUT2D eigenvalue weighted by Crippen LogP contribution is 2.65. The van der Waals surface area contributed by atoms with Crippen molar-refractivity contribution in [1.82, 2.24) is 15.0 Å². The minimum absolute atomic E-state index is 0.218. The highest BCUT2D eigenvalue weighted by Gasteiger charge is 2.56. The fourth-order valence-corrected chi connectivity index (χ4v) is 9.92. The van der Waals surface area contributed by atoms with Crippen molar-refractivity contribution in [3.05, 3.63) is 222 Å². The Morgan fingerprint density at radius 3 is 1.91 bits per heavy atom. The third-order valence-electron chi connectivity index (χ3n) is 12.5. The highest BCUT2D eigenvalue weighted by molar-refractivity contribution is 6.08. The molecule has 4 nitrogen and oxygen atoms in total. The summed E-state index contributed by atoms with van der Waals surface area (Å²) in [6.45, 7) is 0. The lowest BCUT2D eigenvalue weighted by molar-refractivity contribution is 0.375. The average Bonchev–Trinajstić information content (AvgIpc) is 3.59. The molecule has 2 heterocycles. The molecular weight excluding hydrogens is 707 g/mol. The molecule has 3 unspecified atom stereocenters. The maximum Gasteiger partial charge on any atom is 0.164 e. The number of allylic oxidation sites excluding steroid dienone is 4. The smallest absolute Gasteiger partial charge is 0.164 e. The van der Waals surface area contributed by atoms with E-state index < -0.39 is 5.41 Å². The van der Waals surface area contributed by atoms with Gasteiger partial charge in [0.25, 0.3) is 0 Å². The van der Waals surface area contributed by atoms with Gasteiger partial charge in [-0.1, -0.05) is 188 Å². The molecule has 0 N–H and O–H groups in total. The lowest BCUT2D eigenvalue weighted by atomic mass is 9.61. The number of nitrogens with zero attached hydrogens (tertiary/aromatic N) is 3. The topological polar surface area (TPSA) is 47.9 Å². The third kappa shape index (κ3) is 4.85. The molecule has 3 aliphatic rings. The standard InChI is InChI=1S/C54H35N3O/c1-2-14-36(15-3-1)51-55-52(57-53(56-51)39-31-32-41-38(33-39)30-27-34-13-4-5-16-40(34)41)37-28-25-35(26-29-37)42-19-12-23-48-50(42)58-49-24-11-10-22-47(49)54(48)45-20-8-6-17-43(45)44-18-7-9-21-46(44)54/h1-33,43,45H. The second kappa shape index (κ2) is 12.8. The zero-order chi connectivity index (χ0) is 38.2. The van der Waals surface area contributed by atoms with E-state index in [9.17, 15) is 0 Å². The number of para-hydroxylation sites is 2. The molecule has 9 aromatic rings. The zero-order valence-electron chi connectivity index (χ0n) is 31.5. The van der Waals surface area contributed by atoms with Crippen LogP contribution in [0, 0.1) is 5.92 Å².